The molecule has 0 spiro atoms. The normalized spacial score (nSPS) is 23.6. The van der Waals surface area contributed by atoms with E-state index >= 15 is 0 Å². The van der Waals surface area contributed by atoms with Gasteiger partial charge < -0.3 is 20.1 Å². The van der Waals surface area contributed by atoms with E-state index in [-0.39, 0.29) is 6.10 Å². The van der Waals surface area contributed by atoms with Crippen LogP contribution < -0.4 is 15.1 Å². The van der Waals surface area contributed by atoms with Crippen molar-refractivity contribution in [3.8, 4) is 0 Å². The van der Waals surface area contributed by atoms with Gasteiger partial charge in [-0.1, -0.05) is 12.2 Å². The van der Waals surface area contributed by atoms with Gasteiger partial charge in [0.2, 0.25) is 0 Å². The van der Waals surface area contributed by atoms with E-state index in [2.05, 4.69) is 5.32 Å². The largest absolute Gasteiger partial charge is 0.442 e. The Labute approximate surface area is 155 Å². The van der Waals surface area contributed by atoms with E-state index in [9.17, 15) is 14.3 Å². The van der Waals surface area contributed by atoms with Gasteiger partial charge in [0.15, 0.2) is 0 Å². The van der Waals surface area contributed by atoms with E-state index in [0.717, 1.165) is 5.75 Å². The number of nitrogens with zero attached hydrogens (tertiary/aromatic N) is 2. The Morgan fingerprint density at radius 3 is 3.00 bits per heavy atom. The number of hydrogen-bond donors (Lipinski definition) is 2. The molecule has 0 aliphatic carbocycles. The molecule has 136 valence electrons. The SMILES string of the molecule is CC(=S)NC[C@H]1CN(c2ccc(N3CCSC(O)C3)c(F)c2)C(=O)O1. The highest BCUT2D eigenvalue weighted by Gasteiger charge is 2.33. The van der Waals surface area contributed by atoms with E-state index in [0.29, 0.717) is 42.5 Å². The molecule has 2 aliphatic rings. The van der Waals surface area contributed by atoms with E-state index in [1.165, 1.54) is 22.7 Å². The maximum atomic E-state index is 14.6. The summed E-state index contributed by atoms with van der Waals surface area (Å²) >= 11 is 6.41. The zero-order valence-electron chi connectivity index (χ0n) is 13.8. The Morgan fingerprint density at radius 2 is 2.32 bits per heavy atom. The molecular formula is C16H20FN3O3S2. The van der Waals surface area contributed by atoms with Crippen LogP contribution in [0.25, 0.3) is 0 Å². The smallest absolute Gasteiger partial charge is 0.414 e. The first-order chi connectivity index (χ1) is 11.9. The Morgan fingerprint density at radius 1 is 1.52 bits per heavy atom. The van der Waals surface area contributed by atoms with E-state index in [1.807, 2.05) is 4.90 Å². The molecule has 0 bridgehead atoms. The van der Waals surface area contributed by atoms with Crippen LogP contribution in [-0.4, -0.2) is 59.7 Å². The van der Waals surface area contributed by atoms with Gasteiger partial charge in [0, 0.05) is 12.3 Å². The molecule has 25 heavy (non-hydrogen) atoms. The number of amides is 1. The molecule has 2 saturated heterocycles. The van der Waals surface area contributed by atoms with Crippen LogP contribution in [0.1, 0.15) is 6.92 Å². The lowest BCUT2D eigenvalue weighted by Gasteiger charge is -2.32. The van der Waals surface area contributed by atoms with Crippen LogP contribution in [0, 0.1) is 5.82 Å². The third-order valence-corrected chi connectivity index (χ3v) is 5.18. The quantitative estimate of drug-likeness (QED) is 0.768. The molecule has 1 aromatic carbocycles. The van der Waals surface area contributed by atoms with Crippen molar-refractivity contribution < 1.29 is 19.0 Å². The number of nitrogens with one attached hydrogen (secondary N) is 1. The fraction of sp³-hybridized carbons (Fsp3) is 0.500. The van der Waals surface area contributed by atoms with Gasteiger partial charge in [-0.05, 0) is 25.1 Å². The monoisotopic (exact) mass is 385 g/mol. The van der Waals surface area contributed by atoms with Gasteiger partial charge in [0.05, 0.1) is 36.0 Å². The Hall–Kier alpha value is -1.58. The van der Waals surface area contributed by atoms with Gasteiger partial charge in [-0.25, -0.2) is 9.18 Å². The Balaban J connectivity index is 1.70. The molecule has 2 N–H and O–H groups in total. The van der Waals surface area contributed by atoms with Crippen LogP contribution in [0.5, 0.6) is 0 Å². The number of thiocarbonyl (C=S) groups is 1. The van der Waals surface area contributed by atoms with Gasteiger partial charge in [-0.15, -0.1) is 11.8 Å². The first kappa shape index (κ1) is 18.2. The third kappa shape index (κ3) is 4.34. The second-order valence-electron chi connectivity index (χ2n) is 5.96. The van der Waals surface area contributed by atoms with Crippen LogP contribution in [0.2, 0.25) is 0 Å². The zero-order valence-corrected chi connectivity index (χ0v) is 15.4. The summed E-state index contributed by atoms with van der Waals surface area (Å²) in [6, 6.07) is 4.69. The summed E-state index contributed by atoms with van der Waals surface area (Å²) < 4.78 is 19.8. The average Bonchev–Trinajstić information content (AvgIpc) is 2.94. The number of ether oxygens (including phenoxy) is 1. The van der Waals surface area contributed by atoms with Crippen molar-refractivity contribution in [2.24, 2.45) is 0 Å². The summed E-state index contributed by atoms with van der Waals surface area (Å²) in [5, 5.41) is 12.7. The minimum absolute atomic E-state index is 0.331. The number of benzene rings is 1. The van der Waals surface area contributed by atoms with Crippen LogP contribution in [0.3, 0.4) is 0 Å². The zero-order chi connectivity index (χ0) is 18.0. The van der Waals surface area contributed by atoms with Crippen molar-refractivity contribution in [1.29, 1.82) is 0 Å². The number of cyclic esters (lactones) is 1. The molecule has 9 heteroatoms. The lowest BCUT2D eigenvalue weighted by Crippen LogP contribution is -2.38. The van der Waals surface area contributed by atoms with Gasteiger partial charge in [0.1, 0.15) is 17.4 Å². The summed E-state index contributed by atoms with van der Waals surface area (Å²) in [6.45, 7) is 3.59. The van der Waals surface area contributed by atoms with Gasteiger partial charge in [0.25, 0.3) is 0 Å². The van der Waals surface area contributed by atoms with Crippen LogP contribution in [-0.2, 0) is 4.74 Å². The Bertz CT molecular complexity index is 676. The van der Waals surface area contributed by atoms with Gasteiger partial charge in [-0.2, -0.15) is 0 Å². The van der Waals surface area contributed by atoms with Crippen molar-refractivity contribution >= 4 is 46.4 Å². The lowest BCUT2D eigenvalue weighted by molar-refractivity contribution is 0.143. The number of aliphatic hydroxyl groups is 1. The molecule has 0 aromatic heterocycles. The van der Waals surface area contributed by atoms with Crippen molar-refractivity contribution in [1.82, 2.24) is 5.32 Å². The third-order valence-electron chi connectivity index (χ3n) is 4.08. The van der Waals surface area contributed by atoms with Crippen LogP contribution >= 0.6 is 24.0 Å². The Kier molecular flexibility index (Phi) is 5.65. The summed E-state index contributed by atoms with van der Waals surface area (Å²) in [5.41, 5.74) is 0.379. The number of halogens is 1. The molecule has 2 atom stereocenters. The summed E-state index contributed by atoms with van der Waals surface area (Å²) in [7, 11) is 0. The number of rotatable bonds is 4. The topological polar surface area (TPSA) is 65.0 Å². The van der Waals surface area contributed by atoms with Gasteiger partial charge >= 0.3 is 6.09 Å². The van der Waals surface area contributed by atoms with Crippen molar-refractivity contribution in [2.45, 2.75) is 18.5 Å². The molecule has 6 nitrogen and oxygen atoms in total. The molecule has 0 saturated carbocycles. The highest BCUT2D eigenvalue weighted by atomic mass is 32.2. The minimum Gasteiger partial charge on any atom is -0.442 e. The average molecular weight is 385 g/mol. The highest BCUT2D eigenvalue weighted by molar-refractivity contribution is 7.99. The predicted octanol–water partition coefficient (Wildman–Crippen LogP) is 1.96. The first-order valence-corrected chi connectivity index (χ1v) is 9.46. The lowest BCUT2D eigenvalue weighted by atomic mass is 10.2. The molecule has 1 unspecified atom stereocenters. The first-order valence-electron chi connectivity index (χ1n) is 8.01. The van der Waals surface area contributed by atoms with E-state index in [4.69, 9.17) is 17.0 Å². The number of aliphatic hydroxyl groups excluding tert-OH is 1. The van der Waals surface area contributed by atoms with Crippen LogP contribution in [0.15, 0.2) is 18.2 Å². The van der Waals surface area contributed by atoms with E-state index < -0.39 is 17.3 Å². The van der Waals surface area contributed by atoms with Crippen LogP contribution in [0.4, 0.5) is 20.6 Å². The molecule has 2 fully saturated rings. The number of hydrogen-bond acceptors (Lipinski definition) is 6. The second-order valence-corrected chi connectivity index (χ2v) is 7.86. The maximum absolute atomic E-state index is 14.6. The fourth-order valence-electron chi connectivity index (χ4n) is 2.87. The summed E-state index contributed by atoms with van der Waals surface area (Å²) in [6.07, 6.45) is -0.826. The van der Waals surface area contributed by atoms with Crippen molar-refractivity contribution in [3.05, 3.63) is 24.0 Å². The van der Waals surface area contributed by atoms with Crippen molar-refractivity contribution in [2.75, 3.05) is 41.7 Å². The van der Waals surface area contributed by atoms with Crippen molar-refractivity contribution in [3.63, 3.8) is 0 Å². The molecule has 0 radical (unpaired) electrons. The summed E-state index contributed by atoms with van der Waals surface area (Å²) in [4.78, 5) is 15.9. The number of anilines is 2. The van der Waals surface area contributed by atoms with Gasteiger partial charge in [-0.3, -0.25) is 4.90 Å². The second kappa shape index (κ2) is 7.76. The summed E-state index contributed by atoms with van der Waals surface area (Å²) in [5.74, 6) is 0.329. The number of β-amino-alcohol motifs (C(OH)–C–C–N with tert-alkyl or cyclic N) is 1. The predicted molar refractivity (Wildman–Crippen MR) is 101 cm³/mol. The number of carbonyl (C=O) groups excluding carboxylic acids is 1. The maximum Gasteiger partial charge on any atom is 0.414 e. The molecule has 1 aromatic rings. The molecular weight excluding hydrogens is 365 g/mol. The highest BCUT2D eigenvalue weighted by Crippen LogP contribution is 2.30. The standard InChI is InChI=1S/C16H20FN3O3S2/c1-10(24)18-7-12-8-20(16(22)23-12)11-2-3-14(13(17)6-11)19-4-5-25-15(21)9-19/h2-3,6,12,15,21H,4-5,7-9H2,1H3,(H,18,24)/t12-,15?/m0/s1. The fourth-order valence-corrected chi connectivity index (χ4v) is 3.83. The number of carbonyl (C=O) groups is 1. The molecule has 2 aliphatic heterocycles. The minimum atomic E-state index is -0.515. The number of thioether (sulfide) groups is 1. The molecule has 2 heterocycles. The molecule has 3 rings (SSSR count). The van der Waals surface area contributed by atoms with E-state index in [1.54, 1.807) is 19.1 Å². The molecule has 1 amide bonds.